The molecular formula is C19H22FNO3. The van der Waals surface area contributed by atoms with Gasteiger partial charge in [-0.1, -0.05) is 44.2 Å². The highest BCUT2D eigenvalue weighted by atomic mass is 19.1. The van der Waals surface area contributed by atoms with Gasteiger partial charge in [-0.2, -0.15) is 0 Å². The molecule has 1 atom stereocenters. The molecule has 0 saturated heterocycles. The zero-order chi connectivity index (χ0) is 17.5. The minimum Gasteiger partial charge on any atom is -0.489 e. The molecule has 0 saturated carbocycles. The van der Waals surface area contributed by atoms with Gasteiger partial charge in [-0.05, 0) is 29.7 Å². The van der Waals surface area contributed by atoms with Gasteiger partial charge in [-0.15, -0.1) is 0 Å². The van der Waals surface area contributed by atoms with Crippen LogP contribution in [0, 0.1) is 11.7 Å². The summed E-state index contributed by atoms with van der Waals surface area (Å²) in [7, 11) is 0. The van der Waals surface area contributed by atoms with Crippen molar-refractivity contribution in [1.29, 1.82) is 0 Å². The maximum atomic E-state index is 12.9. The Hall–Kier alpha value is -2.40. The summed E-state index contributed by atoms with van der Waals surface area (Å²) < 4.78 is 18.7. The molecule has 2 N–H and O–H groups in total. The summed E-state index contributed by atoms with van der Waals surface area (Å²) >= 11 is 0. The third-order valence-electron chi connectivity index (χ3n) is 3.73. The number of benzene rings is 2. The number of rotatable bonds is 8. The molecule has 0 aliphatic rings. The SMILES string of the molecule is CC(C)C(NCc1ccccc1OCc1ccc(F)cc1)C(=O)O. The Labute approximate surface area is 141 Å². The van der Waals surface area contributed by atoms with Gasteiger partial charge < -0.3 is 9.84 Å². The third-order valence-corrected chi connectivity index (χ3v) is 3.73. The molecule has 0 bridgehead atoms. The summed E-state index contributed by atoms with van der Waals surface area (Å²) in [6, 6.07) is 13.0. The van der Waals surface area contributed by atoms with Gasteiger partial charge in [-0.25, -0.2) is 4.39 Å². The minimum absolute atomic E-state index is 0.0187. The Morgan fingerprint density at radius 3 is 2.46 bits per heavy atom. The zero-order valence-electron chi connectivity index (χ0n) is 13.8. The Bertz CT molecular complexity index is 671. The first-order valence-corrected chi connectivity index (χ1v) is 7.88. The minimum atomic E-state index is -0.866. The molecule has 128 valence electrons. The molecule has 1 unspecified atom stereocenters. The summed E-state index contributed by atoms with van der Waals surface area (Å²) in [5, 5.41) is 12.3. The summed E-state index contributed by atoms with van der Waals surface area (Å²) in [6.45, 7) is 4.45. The first-order valence-electron chi connectivity index (χ1n) is 7.88. The van der Waals surface area contributed by atoms with E-state index in [9.17, 15) is 14.3 Å². The first-order chi connectivity index (χ1) is 11.5. The van der Waals surface area contributed by atoms with Crippen LogP contribution in [0.3, 0.4) is 0 Å². The number of para-hydroxylation sites is 1. The molecule has 0 fully saturated rings. The number of hydrogen-bond acceptors (Lipinski definition) is 3. The van der Waals surface area contributed by atoms with Gasteiger partial charge in [0.2, 0.25) is 0 Å². The molecule has 0 heterocycles. The number of aliphatic carboxylic acids is 1. The highest BCUT2D eigenvalue weighted by Gasteiger charge is 2.20. The van der Waals surface area contributed by atoms with Crippen LogP contribution in [0.15, 0.2) is 48.5 Å². The van der Waals surface area contributed by atoms with Gasteiger partial charge >= 0.3 is 5.97 Å². The van der Waals surface area contributed by atoms with Gasteiger partial charge in [-0.3, -0.25) is 10.1 Å². The quantitative estimate of drug-likeness (QED) is 0.776. The van der Waals surface area contributed by atoms with Gasteiger partial charge in [0.05, 0.1) is 0 Å². The van der Waals surface area contributed by atoms with Crippen LogP contribution in [-0.4, -0.2) is 17.1 Å². The number of carboxylic acids is 1. The molecule has 0 aliphatic carbocycles. The van der Waals surface area contributed by atoms with E-state index in [4.69, 9.17) is 4.74 Å². The van der Waals surface area contributed by atoms with Gasteiger partial charge in [0, 0.05) is 12.1 Å². The Morgan fingerprint density at radius 2 is 1.83 bits per heavy atom. The Morgan fingerprint density at radius 1 is 1.17 bits per heavy atom. The maximum Gasteiger partial charge on any atom is 0.320 e. The van der Waals surface area contributed by atoms with Crippen LogP contribution in [0.1, 0.15) is 25.0 Å². The Kier molecular flexibility index (Phi) is 6.32. The van der Waals surface area contributed by atoms with Crippen molar-refractivity contribution in [2.45, 2.75) is 33.0 Å². The maximum absolute atomic E-state index is 12.9. The van der Waals surface area contributed by atoms with Crippen molar-refractivity contribution < 1.29 is 19.0 Å². The lowest BCUT2D eigenvalue weighted by Gasteiger charge is -2.19. The van der Waals surface area contributed by atoms with E-state index in [1.54, 1.807) is 12.1 Å². The van der Waals surface area contributed by atoms with E-state index in [2.05, 4.69) is 5.32 Å². The van der Waals surface area contributed by atoms with Crippen molar-refractivity contribution in [3.8, 4) is 5.75 Å². The molecule has 2 rings (SSSR count). The van der Waals surface area contributed by atoms with Crippen molar-refractivity contribution in [2.75, 3.05) is 0 Å². The number of hydrogen-bond donors (Lipinski definition) is 2. The standard InChI is InChI=1S/C19H22FNO3/c1-13(2)18(19(22)23)21-11-15-5-3-4-6-17(15)24-12-14-7-9-16(20)10-8-14/h3-10,13,18,21H,11-12H2,1-2H3,(H,22,23). The lowest BCUT2D eigenvalue weighted by atomic mass is 10.0. The number of halogens is 1. The molecule has 24 heavy (non-hydrogen) atoms. The van der Waals surface area contributed by atoms with E-state index in [0.717, 1.165) is 11.1 Å². The zero-order valence-corrected chi connectivity index (χ0v) is 13.8. The number of ether oxygens (including phenoxy) is 1. The highest BCUT2D eigenvalue weighted by molar-refractivity contribution is 5.73. The summed E-state index contributed by atoms with van der Waals surface area (Å²) in [5.74, 6) is -0.483. The van der Waals surface area contributed by atoms with Crippen LogP contribution in [0.2, 0.25) is 0 Å². The molecule has 0 aliphatic heterocycles. The molecule has 0 amide bonds. The fourth-order valence-electron chi connectivity index (χ4n) is 2.36. The van der Waals surface area contributed by atoms with Crippen molar-refractivity contribution >= 4 is 5.97 Å². The molecule has 5 heteroatoms. The fourth-order valence-corrected chi connectivity index (χ4v) is 2.36. The molecule has 2 aromatic carbocycles. The highest BCUT2D eigenvalue weighted by Crippen LogP contribution is 2.20. The van der Waals surface area contributed by atoms with Crippen LogP contribution in [0.5, 0.6) is 5.75 Å². The van der Waals surface area contributed by atoms with E-state index in [0.29, 0.717) is 18.9 Å². The average Bonchev–Trinajstić information content (AvgIpc) is 2.55. The number of nitrogens with one attached hydrogen (secondary N) is 1. The molecular weight excluding hydrogens is 309 g/mol. The molecule has 0 radical (unpaired) electrons. The van der Waals surface area contributed by atoms with Crippen LogP contribution in [-0.2, 0) is 17.9 Å². The van der Waals surface area contributed by atoms with E-state index in [1.165, 1.54) is 12.1 Å². The second kappa shape index (κ2) is 8.45. The topological polar surface area (TPSA) is 58.6 Å². The fraction of sp³-hybridized carbons (Fsp3) is 0.316. The average molecular weight is 331 g/mol. The van der Waals surface area contributed by atoms with Crippen molar-refractivity contribution in [3.05, 3.63) is 65.5 Å². The smallest absolute Gasteiger partial charge is 0.320 e. The summed E-state index contributed by atoms with van der Waals surface area (Å²) in [5.41, 5.74) is 1.75. The lowest BCUT2D eigenvalue weighted by Crippen LogP contribution is -2.40. The van der Waals surface area contributed by atoms with Gasteiger partial charge in [0.25, 0.3) is 0 Å². The first kappa shape index (κ1) is 17.9. The van der Waals surface area contributed by atoms with Crippen LogP contribution in [0.25, 0.3) is 0 Å². The van der Waals surface area contributed by atoms with Gasteiger partial charge in [0.1, 0.15) is 24.2 Å². The van der Waals surface area contributed by atoms with E-state index < -0.39 is 12.0 Å². The van der Waals surface area contributed by atoms with Crippen molar-refractivity contribution in [2.24, 2.45) is 5.92 Å². The van der Waals surface area contributed by atoms with E-state index in [1.807, 2.05) is 38.1 Å². The predicted molar refractivity (Wildman–Crippen MR) is 90.3 cm³/mol. The summed E-state index contributed by atoms with van der Waals surface area (Å²) in [6.07, 6.45) is 0. The van der Waals surface area contributed by atoms with Crippen molar-refractivity contribution in [1.82, 2.24) is 5.32 Å². The van der Waals surface area contributed by atoms with E-state index in [-0.39, 0.29) is 11.7 Å². The number of carbonyl (C=O) groups is 1. The largest absolute Gasteiger partial charge is 0.489 e. The molecule has 0 spiro atoms. The third kappa shape index (κ3) is 5.06. The van der Waals surface area contributed by atoms with Gasteiger partial charge in [0.15, 0.2) is 0 Å². The van der Waals surface area contributed by atoms with Crippen LogP contribution >= 0.6 is 0 Å². The second-order valence-electron chi connectivity index (χ2n) is 5.96. The monoisotopic (exact) mass is 331 g/mol. The number of carboxylic acid groups (broad SMARTS) is 1. The molecule has 2 aromatic rings. The van der Waals surface area contributed by atoms with Crippen molar-refractivity contribution in [3.63, 3.8) is 0 Å². The second-order valence-corrected chi connectivity index (χ2v) is 5.96. The predicted octanol–water partition coefficient (Wildman–Crippen LogP) is 3.60. The normalized spacial score (nSPS) is 12.2. The molecule has 4 nitrogen and oxygen atoms in total. The van der Waals surface area contributed by atoms with Crippen LogP contribution < -0.4 is 10.1 Å². The lowest BCUT2D eigenvalue weighted by molar-refractivity contribution is -0.140. The van der Waals surface area contributed by atoms with Crippen LogP contribution in [0.4, 0.5) is 4.39 Å². The van der Waals surface area contributed by atoms with E-state index >= 15 is 0 Å². The summed E-state index contributed by atoms with van der Waals surface area (Å²) in [4.78, 5) is 11.3. The molecule has 0 aromatic heterocycles. The Balaban J connectivity index is 2.01.